The van der Waals surface area contributed by atoms with Crippen molar-refractivity contribution in [1.82, 2.24) is 15.0 Å². The van der Waals surface area contributed by atoms with Crippen LogP contribution in [-0.2, 0) is 40.5 Å². The van der Waals surface area contributed by atoms with Gasteiger partial charge in [0.2, 0.25) is 17.8 Å². The molecule has 0 amide bonds. The molecular weight excluding hydrogens is 873 g/mol. The summed E-state index contributed by atoms with van der Waals surface area (Å²) in [7, 11) is -17.8. The molecule has 1 heterocycles. The van der Waals surface area contributed by atoms with Crippen molar-refractivity contribution >= 4 is 92.4 Å². The molecule has 0 radical (unpaired) electrons. The first kappa shape index (κ1) is 45.0. The molecule has 4 aromatic carbocycles. The Kier molecular flexibility index (Phi) is 13.9. The summed E-state index contributed by atoms with van der Waals surface area (Å²) >= 11 is 0. The van der Waals surface area contributed by atoms with Crippen molar-refractivity contribution in [3.63, 3.8) is 0 Å². The second-order valence-corrected chi connectivity index (χ2v) is 18.5. The number of benzene rings is 4. The Labute approximate surface area is 343 Å². The Morgan fingerprint density at radius 1 is 0.650 bits per heavy atom. The number of hydrogen-bond acceptors (Lipinski definition) is 19. The van der Waals surface area contributed by atoms with Crippen LogP contribution in [0.2, 0.25) is 0 Å². The van der Waals surface area contributed by atoms with Gasteiger partial charge in [-0.3, -0.25) is 18.2 Å². The molecule has 1 unspecified atom stereocenters. The number of aryl methyl sites for hydroxylation is 1. The van der Waals surface area contributed by atoms with Gasteiger partial charge in [0.15, 0.2) is 5.37 Å². The minimum atomic E-state index is -4.61. The van der Waals surface area contributed by atoms with Gasteiger partial charge in [0.05, 0.1) is 50.6 Å². The van der Waals surface area contributed by atoms with Crippen molar-refractivity contribution in [1.29, 1.82) is 0 Å². The average Bonchev–Trinajstić information content (AvgIpc) is 3.15. The SMILES string of the molecule is Cc1cc(Nc2nc(Nc3ccc(N=Nc4cccc(S(=O)(=O)O)c4)cc3OCCCS(=O)(=O)O)nc(NC(C)S(=O)(=O)O)n2)ccc1N=Nc1ccc(S(=O)(=O)O)cc1. The molecule has 0 aliphatic carbocycles. The lowest BCUT2D eigenvalue weighted by Gasteiger charge is -2.16. The minimum absolute atomic E-state index is 0.0407. The zero-order valence-corrected chi connectivity index (χ0v) is 34.3. The van der Waals surface area contributed by atoms with Crippen molar-refractivity contribution in [2.24, 2.45) is 20.5 Å². The molecule has 5 aromatic rings. The molecular formula is C33H34N10O13S4. The maximum absolute atomic E-state index is 11.8. The highest BCUT2D eigenvalue weighted by atomic mass is 32.2. The fourth-order valence-corrected chi connectivity index (χ4v) is 6.48. The number of ether oxygens (including phenoxy) is 1. The molecule has 0 aliphatic rings. The zero-order valence-electron chi connectivity index (χ0n) is 31.0. The summed E-state index contributed by atoms with van der Waals surface area (Å²) in [6.45, 7) is 2.65. The van der Waals surface area contributed by atoms with Crippen molar-refractivity contribution in [2.45, 2.75) is 35.4 Å². The van der Waals surface area contributed by atoms with Gasteiger partial charge in [0, 0.05) is 11.8 Å². The molecule has 7 N–H and O–H groups in total. The molecule has 5 rings (SSSR count). The number of aromatic nitrogens is 3. The van der Waals surface area contributed by atoms with Gasteiger partial charge >= 0.3 is 0 Å². The predicted molar refractivity (Wildman–Crippen MR) is 216 cm³/mol. The van der Waals surface area contributed by atoms with E-state index < -0.39 is 56.5 Å². The third-order valence-corrected chi connectivity index (χ3v) is 11.2. The molecule has 0 aliphatic heterocycles. The molecule has 60 heavy (non-hydrogen) atoms. The van der Waals surface area contributed by atoms with E-state index in [0.29, 0.717) is 22.6 Å². The van der Waals surface area contributed by atoms with E-state index in [1.54, 1.807) is 25.1 Å². The summed E-state index contributed by atoms with van der Waals surface area (Å²) in [5.74, 6) is -1.20. The second-order valence-electron chi connectivity index (χ2n) is 12.4. The van der Waals surface area contributed by atoms with Crippen LogP contribution >= 0.6 is 0 Å². The van der Waals surface area contributed by atoms with Crippen molar-refractivity contribution in [3.05, 3.63) is 90.5 Å². The number of azo groups is 2. The van der Waals surface area contributed by atoms with Gasteiger partial charge in [0.25, 0.3) is 40.5 Å². The summed E-state index contributed by atoms with van der Waals surface area (Å²) in [6, 6.07) is 19.2. The molecule has 318 valence electrons. The van der Waals surface area contributed by atoms with Crippen LogP contribution in [0.3, 0.4) is 0 Å². The van der Waals surface area contributed by atoms with Crippen LogP contribution in [0, 0.1) is 6.92 Å². The first-order valence-corrected chi connectivity index (χ1v) is 22.9. The molecule has 27 heteroatoms. The summed E-state index contributed by atoms with van der Waals surface area (Å²) in [4.78, 5) is 12.1. The highest BCUT2D eigenvalue weighted by Crippen LogP contribution is 2.34. The normalized spacial score (nSPS) is 13.0. The van der Waals surface area contributed by atoms with Crippen LogP contribution in [0.4, 0.5) is 52.0 Å². The first-order chi connectivity index (χ1) is 28.0. The third-order valence-electron chi connectivity index (χ3n) is 7.69. The van der Waals surface area contributed by atoms with Gasteiger partial charge in [-0.25, -0.2) is 0 Å². The van der Waals surface area contributed by atoms with E-state index in [0.717, 1.165) is 19.1 Å². The van der Waals surface area contributed by atoms with Gasteiger partial charge in [-0.05, 0) is 98.6 Å². The average molecular weight is 907 g/mol. The Morgan fingerprint density at radius 3 is 1.87 bits per heavy atom. The second kappa shape index (κ2) is 18.5. The Balaban J connectivity index is 1.44. The summed E-state index contributed by atoms with van der Waals surface area (Å²) in [6.07, 6.45) is -0.127. The van der Waals surface area contributed by atoms with Gasteiger partial charge < -0.3 is 20.7 Å². The monoisotopic (exact) mass is 906 g/mol. The smallest absolute Gasteiger partial charge is 0.294 e. The maximum atomic E-state index is 11.8. The minimum Gasteiger partial charge on any atom is -0.491 e. The van der Waals surface area contributed by atoms with Crippen LogP contribution in [0.1, 0.15) is 18.9 Å². The summed E-state index contributed by atoms with van der Waals surface area (Å²) in [5, 5.41) is 23.1. The Hall–Kier alpha value is -6.07. The van der Waals surface area contributed by atoms with Crippen LogP contribution in [0.5, 0.6) is 5.75 Å². The Morgan fingerprint density at radius 2 is 1.25 bits per heavy atom. The maximum Gasteiger partial charge on any atom is 0.294 e. The van der Waals surface area contributed by atoms with Gasteiger partial charge in [-0.15, -0.1) is 0 Å². The topological polar surface area (TPSA) is 351 Å². The quantitative estimate of drug-likeness (QED) is 0.0288. The van der Waals surface area contributed by atoms with E-state index in [4.69, 9.17) is 9.29 Å². The first-order valence-electron chi connectivity index (χ1n) is 16.9. The number of anilines is 5. The lowest BCUT2D eigenvalue weighted by Crippen LogP contribution is -2.27. The number of hydrogen-bond donors (Lipinski definition) is 7. The van der Waals surface area contributed by atoms with E-state index in [-0.39, 0.29) is 58.6 Å². The number of nitrogens with zero attached hydrogens (tertiary/aromatic N) is 7. The molecule has 1 aromatic heterocycles. The van der Waals surface area contributed by atoms with Gasteiger partial charge in [-0.1, -0.05) is 6.07 Å². The number of rotatable bonds is 18. The fourth-order valence-electron chi connectivity index (χ4n) is 4.74. The van der Waals surface area contributed by atoms with Crippen LogP contribution in [0.25, 0.3) is 0 Å². The van der Waals surface area contributed by atoms with E-state index in [1.165, 1.54) is 54.6 Å². The molecule has 0 saturated carbocycles. The van der Waals surface area contributed by atoms with E-state index in [2.05, 4.69) is 51.4 Å². The largest absolute Gasteiger partial charge is 0.491 e. The van der Waals surface area contributed by atoms with Gasteiger partial charge in [-0.2, -0.15) is 69.1 Å². The zero-order chi connectivity index (χ0) is 43.9. The van der Waals surface area contributed by atoms with E-state index >= 15 is 0 Å². The van der Waals surface area contributed by atoms with Crippen LogP contribution in [-0.4, -0.2) is 84.6 Å². The molecule has 0 bridgehead atoms. The van der Waals surface area contributed by atoms with Gasteiger partial charge in [0.1, 0.15) is 5.75 Å². The Bertz CT molecular complexity index is 2900. The fraction of sp³-hybridized carbons (Fsp3) is 0.182. The van der Waals surface area contributed by atoms with E-state index in [9.17, 15) is 47.3 Å². The van der Waals surface area contributed by atoms with E-state index in [1.807, 2.05) is 0 Å². The molecule has 23 nitrogen and oxygen atoms in total. The van der Waals surface area contributed by atoms with Crippen LogP contribution < -0.4 is 20.7 Å². The summed E-state index contributed by atoms with van der Waals surface area (Å²) in [5.41, 5.74) is 2.19. The molecule has 0 spiro atoms. The highest BCUT2D eigenvalue weighted by Gasteiger charge is 2.20. The number of nitrogens with one attached hydrogen (secondary N) is 3. The van der Waals surface area contributed by atoms with Crippen LogP contribution in [0.15, 0.2) is 115 Å². The third kappa shape index (κ3) is 13.5. The molecule has 1 atom stereocenters. The van der Waals surface area contributed by atoms with Crippen molar-refractivity contribution in [3.8, 4) is 5.75 Å². The standard InChI is InChI=1S/C33H34N10O13S4/c1-20-17-23(9-13-28(20)43-40-22-7-11-26(12-8-22)59(50,51)52)35-32-37-31(34-21(2)58(47,48)49)38-33(39-32)36-29-14-10-25(19-30(29)56-15-4-16-57(44,45)46)42-41-24-5-3-6-27(18-24)60(53,54)55/h3,5-14,17-19,21H,4,15-16H2,1-2H3,(H,44,45,46)(H,47,48,49)(H,50,51,52)(H,53,54,55)(H3,34,35,36,37,38,39). The highest BCUT2D eigenvalue weighted by molar-refractivity contribution is 7.86. The lowest BCUT2D eigenvalue weighted by atomic mass is 10.2. The summed E-state index contributed by atoms with van der Waals surface area (Å²) < 4.78 is 135. The van der Waals surface area contributed by atoms with Crippen molar-refractivity contribution < 1.29 is 56.6 Å². The predicted octanol–water partition coefficient (Wildman–Crippen LogP) is 6.29. The molecule has 0 fully saturated rings. The lowest BCUT2D eigenvalue weighted by molar-refractivity contribution is 0.317. The van der Waals surface area contributed by atoms with Crippen molar-refractivity contribution in [2.75, 3.05) is 28.3 Å². The molecule has 0 saturated heterocycles.